The van der Waals surface area contributed by atoms with E-state index in [2.05, 4.69) is 32.4 Å². The fourth-order valence-corrected chi connectivity index (χ4v) is 4.16. The number of carbonyl (C=O) groups is 1. The molecule has 4 aromatic rings. The Hall–Kier alpha value is -4.89. The Balaban J connectivity index is 1.48. The van der Waals surface area contributed by atoms with E-state index in [1.807, 2.05) is 54.6 Å². The maximum absolute atomic E-state index is 11.9. The van der Waals surface area contributed by atoms with Crippen LogP contribution in [-0.2, 0) is 9.53 Å². The molecule has 0 unspecified atom stereocenters. The van der Waals surface area contributed by atoms with Gasteiger partial charge in [-0.3, -0.25) is 4.79 Å². The molecule has 0 saturated carbocycles. The molecule has 38 heavy (non-hydrogen) atoms. The van der Waals surface area contributed by atoms with Crippen molar-refractivity contribution in [1.29, 1.82) is 0 Å². The van der Waals surface area contributed by atoms with Crippen molar-refractivity contribution in [2.45, 2.75) is 0 Å². The molecule has 0 bridgehead atoms. The molecule has 1 amide bonds. The van der Waals surface area contributed by atoms with Gasteiger partial charge >= 0.3 is 0 Å². The van der Waals surface area contributed by atoms with Crippen molar-refractivity contribution in [3.05, 3.63) is 91.6 Å². The van der Waals surface area contributed by atoms with E-state index >= 15 is 0 Å². The zero-order valence-electron chi connectivity index (χ0n) is 20.7. The lowest BCUT2D eigenvalue weighted by atomic mass is 10.1. The molecule has 1 aromatic heterocycles. The molecule has 5 rings (SSSR count). The Morgan fingerprint density at radius 1 is 0.947 bits per heavy atom. The molecule has 0 atom stereocenters. The second kappa shape index (κ2) is 11.4. The monoisotopic (exact) mass is 508 g/mol. The summed E-state index contributed by atoms with van der Waals surface area (Å²) in [6.45, 7) is 6.16. The highest BCUT2D eigenvalue weighted by atomic mass is 16.5. The molecule has 1 saturated heterocycles. The lowest BCUT2D eigenvalue weighted by Crippen LogP contribution is -2.36. The highest BCUT2D eigenvalue weighted by Crippen LogP contribution is 2.34. The Kier molecular flexibility index (Phi) is 7.47. The van der Waals surface area contributed by atoms with Gasteiger partial charge in [0.25, 0.3) is 0 Å². The summed E-state index contributed by atoms with van der Waals surface area (Å²) in [6, 6.07) is 22.5. The van der Waals surface area contributed by atoms with E-state index < -0.39 is 0 Å². The van der Waals surface area contributed by atoms with E-state index in [0.717, 1.165) is 22.6 Å². The highest BCUT2D eigenvalue weighted by molar-refractivity contribution is 5.99. The molecular weight excluding hydrogens is 480 g/mol. The predicted molar refractivity (Wildman–Crippen MR) is 150 cm³/mol. The molecular formula is C29H28N6O3. The van der Waals surface area contributed by atoms with Gasteiger partial charge < -0.3 is 30.7 Å². The summed E-state index contributed by atoms with van der Waals surface area (Å²) in [5.74, 6) is 0.302. The van der Waals surface area contributed by atoms with Gasteiger partial charge in [-0.15, -0.1) is 0 Å². The van der Waals surface area contributed by atoms with Crippen LogP contribution < -0.4 is 20.9 Å². The van der Waals surface area contributed by atoms with Crippen LogP contribution in [0, 0.1) is 0 Å². The molecule has 0 spiro atoms. The van der Waals surface area contributed by atoms with Gasteiger partial charge in [0.05, 0.1) is 36.5 Å². The lowest BCUT2D eigenvalue weighted by molar-refractivity contribution is -0.111. The molecule has 4 N–H and O–H groups in total. The van der Waals surface area contributed by atoms with Crippen molar-refractivity contribution in [2.75, 3.05) is 47.2 Å². The Labute approximate surface area is 220 Å². The van der Waals surface area contributed by atoms with Crippen molar-refractivity contribution < 1.29 is 14.6 Å². The molecule has 3 aromatic carbocycles. The number of para-hydroxylation sites is 1. The minimum Gasteiger partial charge on any atom is -0.506 e. The van der Waals surface area contributed by atoms with Gasteiger partial charge in [0.1, 0.15) is 5.75 Å². The summed E-state index contributed by atoms with van der Waals surface area (Å²) >= 11 is 0. The lowest BCUT2D eigenvalue weighted by Gasteiger charge is -2.29. The summed E-state index contributed by atoms with van der Waals surface area (Å²) in [7, 11) is 0. The van der Waals surface area contributed by atoms with Gasteiger partial charge in [0.15, 0.2) is 0 Å². The largest absolute Gasteiger partial charge is 0.506 e. The summed E-state index contributed by atoms with van der Waals surface area (Å²) in [4.78, 5) is 23.3. The zero-order chi connectivity index (χ0) is 26.3. The quantitative estimate of drug-likeness (QED) is 0.187. The third-order valence-electron chi connectivity index (χ3n) is 6.01. The smallest absolute Gasteiger partial charge is 0.247 e. The number of benzene rings is 3. The number of aromatic nitrogens is 2. The SMILES string of the molecule is C=CC(=O)Nc1cccc(-c2nc(Nc3ccc(O)c(N4CCOCC4)c3)ncc2Nc2ccccc2)c1. The molecule has 9 nitrogen and oxygen atoms in total. The molecule has 1 fully saturated rings. The molecule has 1 aliphatic heterocycles. The third kappa shape index (κ3) is 5.91. The maximum atomic E-state index is 11.9. The standard InChI is InChI=1S/C29H28N6O3/c1-2-27(37)32-22-10-6-7-20(17-22)28-24(31-21-8-4-3-5-9-21)19-30-29(34-28)33-23-11-12-26(36)25(18-23)35-13-15-38-16-14-35/h2-12,17-19,31,36H,1,13-16H2,(H,32,37)(H,30,33,34). The van der Waals surface area contributed by atoms with Crippen LogP contribution in [0.3, 0.4) is 0 Å². The van der Waals surface area contributed by atoms with E-state index in [1.54, 1.807) is 24.4 Å². The van der Waals surface area contributed by atoms with Crippen LogP contribution in [0.2, 0.25) is 0 Å². The van der Waals surface area contributed by atoms with E-state index in [4.69, 9.17) is 9.72 Å². The first kappa shape index (κ1) is 24.8. The number of nitrogens with one attached hydrogen (secondary N) is 3. The molecule has 9 heteroatoms. The minimum atomic E-state index is -0.293. The van der Waals surface area contributed by atoms with Crippen LogP contribution in [-0.4, -0.2) is 47.3 Å². The van der Waals surface area contributed by atoms with Crippen molar-refractivity contribution in [2.24, 2.45) is 0 Å². The first-order chi connectivity index (χ1) is 18.6. The van der Waals surface area contributed by atoms with Gasteiger partial charge in [-0.25, -0.2) is 9.97 Å². The van der Waals surface area contributed by atoms with Gasteiger partial charge in [-0.05, 0) is 48.5 Å². The number of ether oxygens (including phenoxy) is 1. The summed E-state index contributed by atoms with van der Waals surface area (Å²) < 4.78 is 5.44. The van der Waals surface area contributed by atoms with Crippen molar-refractivity contribution in [1.82, 2.24) is 9.97 Å². The average molecular weight is 509 g/mol. The normalized spacial score (nSPS) is 13.0. The number of phenols is 1. The number of rotatable bonds is 8. The topological polar surface area (TPSA) is 112 Å². The number of morpholine rings is 1. The number of anilines is 6. The Morgan fingerprint density at radius 3 is 2.53 bits per heavy atom. The Morgan fingerprint density at radius 2 is 1.74 bits per heavy atom. The number of hydrogen-bond acceptors (Lipinski definition) is 8. The maximum Gasteiger partial charge on any atom is 0.247 e. The van der Waals surface area contributed by atoms with Crippen molar-refractivity contribution in [3.63, 3.8) is 0 Å². The zero-order valence-corrected chi connectivity index (χ0v) is 20.7. The van der Waals surface area contributed by atoms with E-state index in [-0.39, 0.29) is 11.7 Å². The van der Waals surface area contributed by atoms with Crippen LogP contribution in [0.15, 0.2) is 91.6 Å². The summed E-state index contributed by atoms with van der Waals surface area (Å²) in [5, 5.41) is 19.9. The highest BCUT2D eigenvalue weighted by Gasteiger charge is 2.16. The summed E-state index contributed by atoms with van der Waals surface area (Å²) in [6.07, 6.45) is 2.95. The van der Waals surface area contributed by atoms with Crippen LogP contribution >= 0.6 is 0 Å². The molecule has 0 radical (unpaired) electrons. The van der Waals surface area contributed by atoms with E-state index in [9.17, 15) is 9.90 Å². The van der Waals surface area contributed by atoms with Crippen LogP contribution in [0.25, 0.3) is 11.3 Å². The molecule has 1 aliphatic rings. The number of aromatic hydroxyl groups is 1. The second-order valence-corrected chi connectivity index (χ2v) is 8.65. The van der Waals surface area contributed by atoms with Crippen LogP contribution in [0.5, 0.6) is 5.75 Å². The molecule has 0 aliphatic carbocycles. The number of carbonyl (C=O) groups excluding carboxylic acids is 1. The van der Waals surface area contributed by atoms with Crippen LogP contribution in [0.1, 0.15) is 0 Å². The number of nitrogens with zero attached hydrogens (tertiary/aromatic N) is 3. The first-order valence-electron chi connectivity index (χ1n) is 12.2. The number of phenolic OH excluding ortho intramolecular Hbond substituents is 1. The van der Waals surface area contributed by atoms with Gasteiger partial charge in [0.2, 0.25) is 11.9 Å². The Bertz CT molecular complexity index is 1440. The van der Waals surface area contributed by atoms with Crippen molar-refractivity contribution >= 4 is 40.3 Å². The second-order valence-electron chi connectivity index (χ2n) is 8.65. The van der Waals surface area contributed by atoms with Gasteiger partial charge in [0, 0.05) is 35.7 Å². The first-order valence-corrected chi connectivity index (χ1v) is 12.2. The number of amides is 1. The van der Waals surface area contributed by atoms with Crippen molar-refractivity contribution in [3.8, 4) is 17.0 Å². The number of hydrogen-bond donors (Lipinski definition) is 4. The van der Waals surface area contributed by atoms with Gasteiger partial charge in [-0.2, -0.15) is 0 Å². The van der Waals surface area contributed by atoms with E-state index in [0.29, 0.717) is 49.3 Å². The fourth-order valence-electron chi connectivity index (χ4n) is 4.16. The van der Waals surface area contributed by atoms with Gasteiger partial charge in [-0.1, -0.05) is 36.9 Å². The molecule has 2 heterocycles. The minimum absolute atomic E-state index is 0.208. The average Bonchev–Trinajstić information content (AvgIpc) is 2.96. The third-order valence-corrected chi connectivity index (χ3v) is 6.01. The van der Waals surface area contributed by atoms with E-state index in [1.165, 1.54) is 6.08 Å². The molecule has 192 valence electrons. The predicted octanol–water partition coefficient (Wildman–Crippen LogP) is 5.30. The van der Waals surface area contributed by atoms with Crippen LogP contribution in [0.4, 0.5) is 34.4 Å². The fraction of sp³-hybridized carbons (Fsp3) is 0.138. The summed E-state index contributed by atoms with van der Waals surface area (Å²) in [5.41, 5.74) is 5.12.